The molecule has 2 aliphatic heterocycles. The van der Waals surface area contributed by atoms with E-state index in [1.54, 1.807) is 31.2 Å². The lowest BCUT2D eigenvalue weighted by Crippen LogP contribution is -2.29. The van der Waals surface area contributed by atoms with Gasteiger partial charge in [0.2, 0.25) is 0 Å². The number of likely N-dealkylation sites (tertiary alicyclic amines) is 1. The molecule has 3 N–H and O–H groups in total. The molecule has 2 amide bonds. The summed E-state index contributed by atoms with van der Waals surface area (Å²) in [6.07, 6.45) is 4.80. The Labute approximate surface area is 214 Å². The van der Waals surface area contributed by atoms with E-state index >= 15 is 0 Å². The Balaban J connectivity index is 1.47. The number of nitrogens with one attached hydrogen (secondary N) is 3. The first-order chi connectivity index (χ1) is 17.9. The molecule has 1 aromatic heterocycles. The van der Waals surface area contributed by atoms with Gasteiger partial charge < -0.3 is 20.5 Å². The first-order valence-electron chi connectivity index (χ1n) is 12.6. The number of amides is 2. The maximum absolute atomic E-state index is 14.0. The number of hydrogen-bond donors (Lipinski definition) is 3. The smallest absolute Gasteiger partial charge is 0.268 e. The first kappa shape index (κ1) is 24.6. The largest absolute Gasteiger partial charge is 0.351 e. The van der Waals surface area contributed by atoms with Crippen LogP contribution in [0.5, 0.6) is 0 Å². The van der Waals surface area contributed by atoms with Gasteiger partial charge in [-0.1, -0.05) is 30.3 Å². The normalized spacial score (nSPS) is 16.2. The predicted molar refractivity (Wildman–Crippen MR) is 141 cm³/mol. The fourth-order valence-corrected chi connectivity index (χ4v) is 5.03. The Morgan fingerprint density at radius 1 is 1.11 bits per heavy atom. The maximum atomic E-state index is 14.0. The average molecular weight is 501 g/mol. The van der Waals surface area contributed by atoms with Gasteiger partial charge >= 0.3 is 0 Å². The van der Waals surface area contributed by atoms with Crippen molar-refractivity contribution < 1.29 is 18.8 Å². The second kappa shape index (κ2) is 10.5. The van der Waals surface area contributed by atoms with E-state index in [2.05, 4.69) is 20.5 Å². The topological polar surface area (TPSA) is 94.3 Å². The van der Waals surface area contributed by atoms with Gasteiger partial charge in [0.1, 0.15) is 11.5 Å². The van der Waals surface area contributed by atoms with Crippen LogP contribution >= 0.6 is 0 Å². The number of carbonyl (C=O) groups is 3. The van der Waals surface area contributed by atoms with Crippen molar-refractivity contribution in [3.05, 3.63) is 88.0 Å². The number of ketones is 1. The molecule has 1 saturated heterocycles. The predicted octanol–water partition coefficient (Wildman–Crippen LogP) is 4.40. The molecule has 2 aliphatic rings. The summed E-state index contributed by atoms with van der Waals surface area (Å²) in [5.74, 6) is -1.46. The highest BCUT2D eigenvalue weighted by Gasteiger charge is 2.28. The van der Waals surface area contributed by atoms with Crippen LogP contribution in [0.1, 0.15) is 62.5 Å². The summed E-state index contributed by atoms with van der Waals surface area (Å²) in [6.45, 7) is 5.38. The SMILES string of the molecule is Cc1c(C(=O)NCCCN2CCCC2)[nH]c(/C=C2\C(=O)Nc3ccc(F)cc32)c1C(=O)c1ccccc1. The summed E-state index contributed by atoms with van der Waals surface area (Å²) in [7, 11) is 0. The number of rotatable bonds is 8. The van der Waals surface area contributed by atoms with Crippen LogP contribution in [0.4, 0.5) is 10.1 Å². The zero-order chi connectivity index (χ0) is 25.9. The highest BCUT2D eigenvalue weighted by atomic mass is 19.1. The quantitative estimate of drug-likeness (QED) is 0.243. The van der Waals surface area contributed by atoms with Gasteiger partial charge in [-0.3, -0.25) is 14.4 Å². The van der Waals surface area contributed by atoms with Gasteiger partial charge in [-0.05, 0) is 75.7 Å². The lowest BCUT2D eigenvalue weighted by molar-refractivity contribution is -0.110. The molecule has 0 saturated carbocycles. The van der Waals surface area contributed by atoms with E-state index < -0.39 is 11.7 Å². The van der Waals surface area contributed by atoms with Crippen molar-refractivity contribution >= 4 is 34.9 Å². The fourth-order valence-electron chi connectivity index (χ4n) is 5.03. The van der Waals surface area contributed by atoms with E-state index in [9.17, 15) is 18.8 Å². The zero-order valence-corrected chi connectivity index (χ0v) is 20.7. The van der Waals surface area contributed by atoms with Crippen molar-refractivity contribution in [2.75, 3.05) is 31.5 Å². The maximum Gasteiger partial charge on any atom is 0.268 e. The zero-order valence-electron chi connectivity index (χ0n) is 20.7. The van der Waals surface area contributed by atoms with Crippen LogP contribution in [0.25, 0.3) is 11.6 Å². The molecule has 1 fully saturated rings. The van der Waals surface area contributed by atoms with Gasteiger partial charge in [0.25, 0.3) is 11.8 Å². The van der Waals surface area contributed by atoms with E-state index in [-0.39, 0.29) is 23.0 Å². The third-order valence-corrected chi connectivity index (χ3v) is 6.96. The van der Waals surface area contributed by atoms with Crippen LogP contribution in [-0.2, 0) is 4.79 Å². The van der Waals surface area contributed by atoms with Gasteiger partial charge in [0.05, 0.1) is 16.8 Å². The first-order valence-corrected chi connectivity index (χ1v) is 12.6. The van der Waals surface area contributed by atoms with Crippen LogP contribution in [0.3, 0.4) is 0 Å². The third kappa shape index (κ3) is 5.11. The minimum Gasteiger partial charge on any atom is -0.351 e. The van der Waals surface area contributed by atoms with Crippen molar-refractivity contribution in [3.8, 4) is 0 Å². The molecule has 0 radical (unpaired) electrons. The van der Waals surface area contributed by atoms with E-state index in [0.29, 0.717) is 40.2 Å². The van der Waals surface area contributed by atoms with Crippen molar-refractivity contribution in [2.24, 2.45) is 0 Å². The van der Waals surface area contributed by atoms with Crippen molar-refractivity contribution in [1.82, 2.24) is 15.2 Å². The standard InChI is InChI=1S/C29H29FN4O3/c1-18-25(27(35)19-8-3-2-4-9-19)24(17-22-21-16-20(30)10-11-23(21)33-28(22)36)32-26(18)29(37)31-12-7-15-34-13-5-6-14-34/h2-4,8-11,16-17,32H,5-7,12-15H2,1H3,(H,31,37)(H,33,36)/b22-17-. The van der Waals surface area contributed by atoms with Crippen LogP contribution < -0.4 is 10.6 Å². The third-order valence-electron chi connectivity index (χ3n) is 6.96. The summed E-state index contributed by atoms with van der Waals surface area (Å²) in [5, 5.41) is 5.67. The Kier molecular flexibility index (Phi) is 7.01. The summed E-state index contributed by atoms with van der Waals surface area (Å²) in [6, 6.07) is 12.8. The monoisotopic (exact) mass is 500 g/mol. The fraction of sp³-hybridized carbons (Fsp3) is 0.276. The number of halogens is 1. The van der Waals surface area contributed by atoms with Crippen LogP contribution in [0, 0.1) is 12.7 Å². The molecular formula is C29H29FN4O3. The molecule has 0 aliphatic carbocycles. The highest BCUT2D eigenvalue weighted by molar-refractivity contribution is 6.35. The Hall–Kier alpha value is -4.04. The van der Waals surface area contributed by atoms with E-state index in [4.69, 9.17) is 0 Å². The van der Waals surface area contributed by atoms with Gasteiger partial charge in [-0.25, -0.2) is 4.39 Å². The van der Waals surface area contributed by atoms with Gasteiger partial charge in [-0.2, -0.15) is 0 Å². The number of anilines is 1. The Morgan fingerprint density at radius 3 is 2.62 bits per heavy atom. The number of benzene rings is 2. The van der Waals surface area contributed by atoms with Gasteiger partial charge in [0.15, 0.2) is 5.78 Å². The van der Waals surface area contributed by atoms with Crippen molar-refractivity contribution in [1.29, 1.82) is 0 Å². The molecule has 7 nitrogen and oxygen atoms in total. The number of fused-ring (bicyclic) bond motifs is 1. The lowest BCUT2D eigenvalue weighted by Gasteiger charge is -2.14. The second-order valence-electron chi connectivity index (χ2n) is 9.47. The lowest BCUT2D eigenvalue weighted by atomic mass is 9.97. The number of H-pyrrole nitrogens is 1. The molecule has 0 bridgehead atoms. The molecule has 5 rings (SSSR count). The molecule has 0 spiro atoms. The Bertz CT molecular complexity index is 1390. The number of aromatic amines is 1. The molecule has 8 heteroatoms. The molecule has 190 valence electrons. The van der Waals surface area contributed by atoms with Crippen molar-refractivity contribution in [2.45, 2.75) is 26.2 Å². The number of hydrogen-bond acceptors (Lipinski definition) is 4. The number of aromatic nitrogens is 1. The molecule has 2 aromatic carbocycles. The molecule has 0 unspecified atom stereocenters. The van der Waals surface area contributed by atoms with E-state index in [1.165, 1.54) is 37.1 Å². The minimum atomic E-state index is -0.474. The van der Waals surface area contributed by atoms with E-state index in [0.717, 1.165) is 26.1 Å². The van der Waals surface area contributed by atoms with Gasteiger partial charge in [-0.15, -0.1) is 0 Å². The van der Waals surface area contributed by atoms with Gasteiger partial charge in [0, 0.05) is 23.4 Å². The summed E-state index contributed by atoms with van der Waals surface area (Å²) < 4.78 is 14.0. The van der Waals surface area contributed by atoms with Crippen molar-refractivity contribution in [3.63, 3.8) is 0 Å². The average Bonchev–Trinajstić information content (AvgIpc) is 3.61. The number of carbonyl (C=O) groups excluding carboxylic acids is 3. The number of nitrogens with zero attached hydrogens (tertiary/aromatic N) is 1. The Morgan fingerprint density at radius 2 is 1.86 bits per heavy atom. The summed E-state index contributed by atoms with van der Waals surface area (Å²) in [4.78, 5) is 44.8. The highest BCUT2D eigenvalue weighted by Crippen LogP contribution is 2.35. The van der Waals surface area contributed by atoms with Crippen LogP contribution in [0.2, 0.25) is 0 Å². The summed E-state index contributed by atoms with van der Waals surface area (Å²) in [5.41, 5.74) is 2.98. The second-order valence-corrected chi connectivity index (χ2v) is 9.47. The molecule has 0 atom stereocenters. The summed E-state index contributed by atoms with van der Waals surface area (Å²) >= 11 is 0. The molecular weight excluding hydrogens is 471 g/mol. The minimum absolute atomic E-state index is 0.218. The molecule has 3 heterocycles. The molecule has 37 heavy (non-hydrogen) atoms. The van der Waals surface area contributed by atoms with Crippen LogP contribution in [-0.4, -0.2) is 53.7 Å². The van der Waals surface area contributed by atoms with E-state index in [1.807, 2.05) is 6.07 Å². The molecule has 3 aromatic rings. The van der Waals surface area contributed by atoms with Crippen LogP contribution in [0.15, 0.2) is 48.5 Å².